The summed E-state index contributed by atoms with van der Waals surface area (Å²) in [7, 11) is 0. The maximum atomic E-state index is 14.6. The molecule has 4 aliphatic rings. The Labute approximate surface area is 288 Å². The van der Waals surface area contributed by atoms with E-state index in [4.69, 9.17) is 0 Å². The molecule has 1 aromatic heterocycles. The van der Waals surface area contributed by atoms with Crippen molar-refractivity contribution in [2.24, 2.45) is 23.2 Å². The van der Waals surface area contributed by atoms with E-state index in [0.29, 0.717) is 19.4 Å². The predicted octanol–water partition coefficient (Wildman–Crippen LogP) is 2.45. The first kappa shape index (κ1) is 36.4. The van der Waals surface area contributed by atoms with Gasteiger partial charge in [-0.05, 0) is 68.1 Å². The van der Waals surface area contributed by atoms with Gasteiger partial charge in [-0.2, -0.15) is 0 Å². The highest BCUT2D eigenvalue weighted by Gasteiger charge is 2.52. The highest BCUT2D eigenvalue weighted by molar-refractivity contribution is 6.38. The lowest BCUT2D eigenvalue weighted by Gasteiger charge is -2.38. The van der Waals surface area contributed by atoms with Crippen molar-refractivity contribution in [2.45, 2.75) is 135 Å². The summed E-state index contributed by atoms with van der Waals surface area (Å²) in [5, 5.41) is 11.5. The fraction of sp³-hybridized carbons (Fsp3) is 0.722. The molecule has 1 saturated heterocycles. The summed E-state index contributed by atoms with van der Waals surface area (Å²) in [6.45, 7) is 7.85. The minimum Gasteiger partial charge on any atom is -0.347 e. The summed E-state index contributed by atoms with van der Waals surface area (Å²) >= 11 is 0. The molecule has 268 valence electrons. The molecule has 13 heteroatoms. The van der Waals surface area contributed by atoms with Crippen molar-refractivity contribution in [3.8, 4) is 0 Å². The predicted molar refractivity (Wildman–Crippen MR) is 181 cm³/mol. The first-order valence-corrected chi connectivity index (χ1v) is 18.2. The van der Waals surface area contributed by atoms with Gasteiger partial charge >= 0.3 is 0 Å². The summed E-state index contributed by atoms with van der Waals surface area (Å²) in [4.78, 5) is 91.4. The molecule has 6 atom stereocenters. The lowest BCUT2D eigenvalue weighted by molar-refractivity contribution is -0.146. The van der Waals surface area contributed by atoms with Gasteiger partial charge < -0.3 is 26.2 Å². The zero-order chi connectivity index (χ0) is 35.3. The van der Waals surface area contributed by atoms with Crippen LogP contribution in [0, 0.1) is 23.2 Å². The largest absolute Gasteiger partial charge is 0.347 e. The van der Waals surface area contributed by atoms with Crippen LogP contribution in [0.15, 0.2) is 18.6 Å². The maximum Gasteiger partial charge on any atom is 0.289 e. The van der Waals surface area contributed by atoms with E-state index >= 15 is 0 Å². The van der Waals surface area contributed by atoms with Crippen molar-refractivity contribution in [3.63, 3.8) is 0 Å². The SMILES string of the molecule is CCC[C@H](NC(=O)[C@H]1[C@@H]2CCC[C@@H]2CN1C(=O)[C@@H](NC(=O)[C@H](NC(=O)c1cnccn1)C1CCCCC1)C(C)(C)C)C(=O)C(=O)NC1CC1. The zero-order valence-electron chi connectivity index (χ0n) is 29.3. The Morgan fingerprint density at radius 3 is 2.27 bits per heavy atom. The van der Waals surface area contributed by atoms with E-state index in [-0.39, 0.29) is 35.4 Å². The first-order valence-electron chi connectivity index (χ1n) is 18.2. The molecule has 0 unspecified atom stereocenters. The van der Waals surface area contributed by atoms with E-state index in [1.165, 1.54) is 18.6 Å². The Balaban J connectivity index is 1.36. The van der Waals surface area contributed by atoms with Gasteiger partial charge in [-0.25, -0.2) is 4.98 Å². The number of rotatable bonds is 13. The van der Waals surface area contributed by atoms with Crippen LogP contribution in [-0.2, 0) is 24.0 Å². The van der Waals surface area contributed by atoms with E-state index in [2.05, 4.69) is 31.2 Å². The number of ketones is 1. The Bertz CT molecular complexity index is 1390. The topological polar surface area (TPSA) is 180 Å². The second-order valence-corrected chi connectivity index (χ2v) is 15.5. The Morgan fingerprint density at radius 1 is 0.898 bits per heavy atom. The molecular weight excluding hydrogens is 626 g/mol. The summed E-state index contributed by atoms with van der Waals surface area (Å²) in [6.07, 6.45) is 13.9. The van der Waals surface area contributed by atoms with E-state index < -0.39 is 59.0 Å². The molecule has 3 saturated carbocycles. The van der Waals surface area contributed by atoms with E-state index in [1.807, 2.05) is 27.7 Å². The molecule has 0 bridgehead atoms. The molecule has 3 aliphatic carbocycles. The quantitative estimate of drug-likeness (QED) is 0.230. The van der Waals surface area contributed by atoms with Crippen LogP contribution in [-0.4, -0.2) is 86.9 Å². The molecule has 0 aromatic carbocycles. The van der Waals surface area contributed by atoms with E-state index in [1.54, 1.807) is 4.90 Å². The normalized spacial score (nSPS) is 24.2. The van der Waals surface area contributed by atoms with Crippen molar-refractivity contribution < 1.29 is 28.8 Å². The zero-order valence-corrected chi connectivity index (χ0v) is 29.3. The van der Waals surface area contributed by atoms with Crippen LogP contribution < -0.4 is 21.3 Å². The van der Waals surface area contributed by atoms with Crippen molar-refractivity contribution in [1.82, 2.24) is 36.1 Å². The van der Waals surface area contributed by atoms with Gasteiger partial charge in [0.1, 0.15) is 23.8 Å². The van der Waals surface area contributed by atoms with Gasteiger partial charge in [0.2, 0.25) is 23.5 Å². The number of Topliss-reactive ketones (excluding diaryl/α,β-unsaturated/α-hetero) is 1. The monoisotopic (exact) mass is 679 g/mol. The Hall–Kier alpha value is -3.90. The molecule has 4 N–H and O–H groups in total. The lowest BCUT2D eigenvalue weighted by Crippen LogP contribution is -2.62. The molecule has 1 aromatic rings. The second-order valence-electron chi connectivity index (χ2n) is 15.5. The number of hydrogen-bond donors (Lipinski definition) is 4. The van der Waals surface area contributed by atoms with Crippen molar-refractivity contribution in [3.05, 3.63) is 24.3 Å². The third-order valence-corrected chi connectivity index (χ3v) is 10.7. The van der Waals surface area contributed by atoms with Crippen LogP contribution in [0.3, 0.4) is 0 Å². The van der Waals surface area contributed by atoms with Crippen LogP contribution in [0.4, 0.5) is 0 Å². The molecule has 13 nitrogen and oxygen atoms in total. The fourth-order valence-corrected chi connectivity index (χ4v) is 7.87. The molecule has 5 rings (SSSR count). The van der Waals surface area contributed by atoms with Crippen LogP contribution in [0.25, 0.3) is 0 Å². The summed E-state index contributed by atoms with van der Waals surface area (Å²) in [5.41, 5.74) is -0.638. The van der Waals surface area contributed by atoms with Crippen LogP contribution >= 0.6 is 0 Å². The highest BCUT2D eigenvalue weighted by atomic mass is 16.2. The molecule has 0 spiro atoms. The third kappa shape index (κ3) is 8.83. The van der Waals surface area contributed by atoms with Gasteiger partial charge in [0.05, 0.1) is 12.2 Å². The van der Waals surface area contributed by atoms with Crippen molar-refractivity contribution in [1.29, 1.82) is 0 Å². The third-order valence-electron chi connectivity index (χ3n) is 10.7. The van der Waals surface area contributed by atoms with Gasteiger partial charge in [0, 0.05) is 25.0 Å². The van der Waals surface area contributed by atoms with Crippen LogP contribution in [0.2, 0.25) is 0 Å². The number of fused-ring (bicyclic) bond motifs is 1. The summed E-state index contributed by atoms with van der Waals surface area (Å²) in [6, 6.07) is -3.68. The van der Waals surface area contributed by atoms with Crippen LogP contribution in [0.5, 0.6) is 0 Å². The summed E-state index contributed by atoms with van der Waals surface area (Å²) < 4.78 is 0. The second kappa shape index (κ2) is 15.8. The number of likely N-dealkylation sites (tertiary alicyclic amines) is 1. The van der Waals surface area contributed by atoms with Gasteiger partial charge in [-0.3, -0.25) is 33.8 Å². The molecule has 49 heavy (non-hydrogen) atoms. The number of nitrogens with one attached hydrogen (secondary N) is 4. The number of carbonyl (C=O) groups excluding carboxylic acids is 6. The van der Waals surface area contributed by atoms with Gasteiger partial charge in [-0.1, -0.05) is 59.8 Å². The molecule has 5 amide bonds. The average molecular weight is 680 g/mol. The minimum absolute atomic E-state index is 0.0132. The van der Waals surface area contributed by atoms with Gasteiger partial charge in [0.25, 0.3) is 11.8 Å². The fourth-order valence-electron chi connectivity index (χ4n) is 7.87. The van der Waals surface area contributed by atoms with E-state index in [9.17, 15) is 28.8 Å². The number of aromatic nitrogens is 2. The lowest BCUT2D eigenvalue weighted by atomic mass is 9.82. The number of nitrogens with zero attached hydrogens (tertiary/aromatic N) is 3. The van der Waals surface area contributed by atoms with Gasteiger partial charge in [0.15, 0.2) is 0 Å². The number of hydrogen-bond acceptors (Lipinski definition) is 8. The number of amides is 5. The van der Waals surface area contributed by atoms with Gasteiger partial charge in [-0.15, -0.1) is 0 Å². The van der Waals surface area contributed by atoms with Crippen molar-refractivity contribution >= 4 is 35.3 Å². The maximum absolute atomic E-state index is 14.6. The Morgan fingerprint density at radius 2 is 1.63 bits per heavy atom. The average Bonchev–Trinajstić information content (AvgIpc) is 3.65. The number of carbonyl (C=O) groups is 6. The highest BCUT2D eigenvalue weighted by Crippen LogP contribution is 2.43. The van der Waals surface area contributed by atoms with E-state index in [0.717, 1.165) is 64.2 Å². The molecular formula is C36H53N7O6. The Kier molecular flexibility index (Phi) is 11.7. The molecule has 1 aliphatic heterocycles. The molecule has 4 fully saturated rings. The first-order chi connectivity index (χ1) is 23.4. The minimum atomic E-state index is -0.994. The standard InChI is InChI=1S/C36H53N7O6/c1-5-10-25(29(44)34(48)39-23-15-16-23)40-33(47)28-24-14-9-13-22(24)20-43(28)35(49)30(36(2,3)4)42-32(46)27(21-11-7-6-8-12-21)41-31(45)26-19-37-17-18-38-26/h17-19,21-25,27-28,30H,5-16,20H2,1-4H3,(H,39,48)(H,40,47)(H,41,45)(H,42,46)/t22-,24-,25+,27-,28-,30-/m1/s1. The summed E-state index contributed by atoms with van der Waals surface area (Å²) in [5.74, 6) is -3.20. The van der Waals surface area contributed by atoms with Crippen molar-refractivity contribution in [2.75, 3.05) is 6.54 Å². The molecule has 0 radical (unpaired) electrons. The smallest absolute Gasteiger partial charge is 0.289 e. The van der Waals surface area contributed by atoms with Crippen LogP contribution in [0.1, 0.15) is 115 Å². The molecule has 2 heterocycles.